The Morgan fingerprint density at radius 2 is 0.848 bits per heavy atom. The lowest BCUT2D eigenvalue weighted by atomic mass is 10.2. The third kappa shape index (κ3) is 11.2. The molecule has 8 heteroatoms. The number of ether oxygens (including phenoxy) is 4. The number of hydrogen-bond donors (Lipinski definition) is 0. The van der Waals surface area contributed by atoms with Crippen molar-refractivity contribution in [3.63, 3.8) is 0 Å². The Morgan fingerprint density at radius 1 is 0.500 bits per heavy atom. The zero-order valence-corrected chi connectivity index (χ0v) is 25.8. The van der Waals surface area contributed by atoms with Crippen molar-refractivity contribution in [1.82, 2.24) is 0 Å². The molecule has 0 aliphatic rings. The molecule has 0 aliphatic heterocycles. The summed E-state index contributed by atoms with van der Waals surface area (Å²) in [6, 6.07) is 27.1. The molecular weight excluding hydrogens is 580 g/mol. The standard InChI is InChI=1S/C38H38N2O6/c1-3-5-7-9-27-43-33-19-11-29(12-20-33)37(41)45-35-23-15-31(16-24-35)39-40-32-17-25-36(26-18-32)46-38(42)30-13-21-34(22-14-30)44-28-10-8-6-4-2/h3-4,11-26H,1-2,5-10,27-28H2. The fraction of sp³-hybridized carbons (Fsp3) is 0.211. The second kappa shape index (κ2) is 18.3. The van der Waals surface area contributed by atoms with Gasteiger partial charge in [-0.3, -0.25) is 0 Å². The first-order chi connectivity index (χ1) is 22.5. The number of hydrogen-bond acceptors (Lipinski definition) is 8. The number of allylic oxidation sites excluding steroid dienone is 2. The molecule has 0 fully saturated rings. The zero-order chi connectivity index (χ0) is 32.4. The van der Waals surface area contributed by atoms with E-state index < -0.39 is 11.9 Å². The molecule has 0 bridgehead atoms. The van der Waals surface area contributed by atoms with E-state index >= 15 is 0 Å². The molecule has 0 N–H and O–H groups in total. The van der Waals surface area contributed by atoms with Crippen LogP contribution in [-0.2, 0) is 0 Å². The average Bonchev–Trinajstić information content (AvgIpc) is 3.09. The lowest BCUT2D eigenvalue weighted by Crippen LogP contribution is -2.08. The predicted octanol–water partition coefficient (Wildman–Crippen LogP) is 10.0. The van der Waals surface area contributed by atoms with Gasteiger partial charge in [0.1, 0.15) is 23.0 Å². The van der Waals surface area contributed by atoms with Crippen LogP contribution in [0.15, 0.2) is 133 Å². The van der Waals surface area contributed by atoms with Gasteiger partial charge in [-0.2, -0.15) is 10.2 Å². The van der Waals surface area contributed by atoms with Crippen molar-refractivity contribution >= 4 is 23.3 Å². The first-order valence-electron chi connectivity index (χ1n) is 15.3. The summed E-state index contributed by atoms with van der Waals surface area (Å²) in [4.78, 5) is 25.1. The lowest BCUT2D eigenvalue weighted by molar-refractivity contribution is 0.0725. The monoisotopic (exact) mass is 618 g/mol. The number of nitrogens with zero attached hydrogens (tertiary/aromatic N) is 2. The Morgan fingerprint density at radius 3 is 1.20 bits per heavy atom. The summed E-state index contributed by atoms with van der Waals surface area (Å²) in [6.45, 7) is 8.66. The van der Waals surface area contributed by atoms with Crippen molar-refractivity contribution in [3.8, 4) is 23.0 Å². The first-order valence-corrected chi connectivity index (χ1v) is 15.3. The molecule has 0 saturated heterocycles. The van der Waals surface area contributed by atoms with Crippen molar-refractivity contribution in [1.29, 1.82) is 0 Å². The highest BCUT2D eigenvalue weighted by atomic mass is 16.5. The van der Waals surface area contributed by atoms with E-state index in [-0.39, 0.29) is 0 Å². The summed E-state index contributed by atoms with van der Waals surface area (Å²) in [7, 11) is 0. The Kier molecular flexibility index (Phi) is 13.3. The molecule has 0 atom stereocenters. The van der Waals surface area contributed by atoms with Gasteiger partial charge in [0.05, 0.1) is 35.7 Å². The van der Waals surface area contributed by atoms with Crippen LogP contribution >= 0.6 is 0 Å². The van der Waals surface area contributed by atoms with E-state index in [9.17, 15) is 9.59 Å². The molecule has 0 spiro atoms. The molecule has 0 aromatic heterocycles. The second-order valence-electron chi connectivity index (χ2n) is 10.3. The van der Waals surface area contributed by atoms with Crippen molar-refractivity contribution in [3.05, 3.63) is 133 Å². The van der Waals surface area contributed by atoms with Crippen LogP contribution in [0.3, 0.4) is 0 Å². The Bertz CT molecular complexity index is 1460. The van der Waals surface area contributed by atoms with Crippen molar-refractivity contribution in [2.75, 3.05) is 13.2 Å². The van der Waals surface area contributed by atoms with Crippen LogP contribution in [-0.4, -0.2) is 25.2 Å². The zero-order valence-electron chi connectivity index (χ0n) is 25.8. The molecule has 0 amide bonds. The van der Waals surface area contributed by atoms with Crippen LogP contribution in [0.25, 0.3) is 0 Å². The molecule has 0 saturated carbocycles. The summed E-state index contributed by atoms with van der Waals surface area (Å²) in [5.41, 5.74) is 2.00. The minimum Gasteiger partial charge on any atom is -0.494 e. The van der Waals surface area contributed by atoms with E-state index in [0.717, 1.165) is 38.5 Å². The fourth-order valence-corrected chi connectivity index (χ4v) is 4.15. The Labute approximate surface area is 270 Å². The highest BCUT2D eigenvalue weighted by molar-refractivity contribution is 5.91. The molecule has 4 aromatic rings. The largest absolute Gasteiger partial charge is 0.494 e. The Balaban J connectivity index is 1.21. The van der Waals surface area contributed by atoms with E-state index in [0.29, 0.717) is 58.7 Å². The maximum atomic E-state index is 12.5. The maximum Gasteiger partial charge on any atom is 0.343 e. The molecule has 4 aromatic carbocycles. The summed E-state index contributed by atoms with van der Waals surface area (Å²) < 4.78 is 22.4. The van der Waals surface area contributed by atoms with Gasteiger partial charge in [-0.1, -0.05) is 12.2 Å². The summed E-state index contributed by atoms with van der Waals surface area (Å²) in [6.07, 6.45) is 9.69. The number of unbranched alkanes of at least 4 members (excludes halogenated alkanes) is 4. The van der Waals surface area contributed by atoms with Gasteiger partial charge >= 0.3 is 11.9 Å². The summed E-state index contributed by atoms with van der Waals surface area (Å²) >= 11 is 0. The molecule has 46 heavy (non-hydrogen) atoms. The topological polar surface area (TPSA) is 95.8 Å². The normalized spacial score (nSPS) is 10.7. The van der Waals surface area contributed by atoms with Gasteiger partial charge < -0.3 is 18.9 Å². The van der Waals surface area contributed by atoms with E-state index in [4.69, 9.17) is 18.9 Å². The van der Waals surface area contributed by atoms with Crippen LogP contribution < -0.4 is 18.9 Å². The van der Waals surface area contributed by atoms with Gasteiger partial charge in [0.25, 0.3) is 0 Å². The SMILES string of the molecule is C=CCCCCOc1ccc(C(=O)Oc2ccc(N=Nc3ccc(OC(=O)c4ccc(OCCCCC=C)cc4)cc3)cc2)cc1. The number of benzene rings is 4. The maximum absolute atomic E-state index is 12.5. The summed E-state index contributed by atoms with van der Waals surface area (Å²) in [5.74, 6) is 1.25. The van der Waals surface area contributed by atoms with Crippen molar-refractivity contribution in [2.24, 2.45) is 10.2 Å². The number of carbonyl (C=O) groups is 2. The van der Waals surface area contributed by atoms with E-state index in [2.05, 4.69) is 23.4 Å². The van der Waals surface area contributed by atoms with Crippen LogP contribution in [0.1, 0.15) is 59.2 Å². The highest BCUT2D eigenvalue weighted by Crippen LogP contribution is 2.24. The van der Waals surface area contributed by atoms with E-state index in [1.165, 1.54) is 0 Å². The van der Waals surface area contributed by atoms with Crippen molar-refractivity contribution in [2.45, 2.75) is 38.5 Å². The molecular formula is C38H38N2O6. The third-order valence-electron chi connectivity index (χ3n) is 6.70. The van der Waals surface area contributed by atoms with Gasteiger partial charge in [-0.25, -0.2) is 9.59 Å². The molecule has 8 nitrogen and oxygen atoms in total. The quantitative estimate of drug-likeness (QED) is 0.0362. The van der Waals surface area contributed by atoms with Gasteiger partial charge in [0.15, 0.2) is 0 Å². The third-order valence-corrected chi connectivity index (χ3v) is 6.70. The van der Waals surface area contributed by atoms with Gasteiger partial charge in [0, 0.05) is 0 Å². The van der Waals surface area contributed by atoms with Gasteiger partial charge in [-0.05, 0) is 136 Å². The Hall–Kier alpha value is -5.50. The molecule has 0 heterocycles. The number of esters is 2. The van der Waals surface area contributed by atoms with Gasteiger partial charge in [0.2, 0.25) is 0 Å². The molecule has 0 aliphatic carbocycles. The molecule has 236 valence electrons. The number of rotatable bonds is 18. The highest BCUT2D eigenvalue weighted by Gasteiger charge is 2.10. The lowest BCUT2D eigenvalue weighted by Gasteiger charge is -2.08. The van der Waals surface area contributed by atoms with Crippen LogP contribution in [0, 0.1) is 0 Å². The smallest absolute Gasteiger partial charge is 0.343 e. The van der Waals surface area contributed by atoms with E-state index in [1.807, 2.05) is 12.2 Å². The van der Waals surface area contributed by atoms with Crippen molar-refractivity contribution < 1.29 is 28.5 Å². The van der Waals surface area contributed by atoms with Crippen LogP contribution in [0.4, 0.5) is 11.4 Å². The molecule has 0 radical (unpaired) electrons. The second-order valence-corrected chi connectivity index (χ2v) is 10.3. The molecule has 4 rings (SSSR count). The number of carbonyl (C=O) groups excluding carboxylic acids is 2. The van der Waals surface area contributed by atoms with E-state index in [1.54, 1.807) is 97.1 Å². The first kappa shape index (κ1) is 33.4. The molecule has 0 unspecified atom stereocenters. The van der Waals surface area contributed by atoms with Crippen LogP contribution in [0.5, 0.6) is 23.0 Å². The predicted molar refractivity (Wildman–Crippen MR) is 179 cm³/mol. The van der Waals surface area contributed by atoms with Crippen LogP contribution in [0.2, 0.25) is 0 Å². The van der Waals surface area contributed by atoms with Gasteiger partial charge in [-0.15, -0.1) is 13.2 Å². The fourth-order valence-electron chi connectivity index (χ4n) is 4.15. The summed E-state index contributed by atoms with van der Waals surface area (Å²) in [5, 5.41) is 8.46. The minimum absolute atomic E-state index is 0.388. The number of azo groups is 1. The minimum atomic E-state index is -0.468. The average molecular weight is 619 g/mol.